The van der Waals surface area contributed by atoms with Gasteiger partial charge in [0.15, 0.2) is 6.61 Å². The van der Waals surface area contributed by atoms with E-state index in [1.54, 1.807) is 30.5 Å². The highest BCUT2D eigenvalue weighted by molar-refractivity contribution is 5.92. The van der Waals surface area contributed by atoms with Crippen molar-refractivity contribution in [2.45, 2.75) is 13.1 Å². The molecule has 0 atom stereocenters. The van der Waals surface area contributed by atoms with E-state index in [1.807, 2.05) is 0 Å². The Morgan fingerprint density at radius 1 is 1.06 bits per heavy atom. The van der Waals surface area contributed by atoms with Crippen LogP contribution in [0.4, 0.5) is 18.9 Å². The summed E-state index contributed by atoms with van der Waals surface area (Å²) in [5.41, 5.74) is 0.701. The van der Waals surface area contributed by atoms with E-state index >= 15 is 0 Å². The summed E-state index contributed by atoms with van der Waals surface area (Å²) in [5.74, 6) is 0.148. The van der Waals surface area contributed by atoms with E-state index in [-0.39, 0.29) is 23.9 Å². The Bertz CT molecular complexity index is 1100. The number of carbonyl (C=O) groups excluding carboxylic acids is 1. The summed E-state index contributed by atoms with van der Waals surface area (Å²) in [5, 5.41) is 2.41. The smallest absolute Gasteiger partial charge is 0.416 e. The Morgan fingerprint density at radius 2 is 1.78 bits per heavy atom. The van der Waals surface area contributed by atoms with Gasteiger partial charge in [-0.3, -0.25) is 4.79 Å². The van der Waals surface area contributed by atoms with Gasteiger partial charge in [-0.15, -0.1) is 0 Å². The van der Waals surface area contributed by atoms with Crippen LogP contribution in [0.5, 0.6) is 17.6 Å². The van der Waals surface area contributed by atoms with E-state index in [1.165, 1.54) is 33.3 Å². The molecule has 0 fully saturated rings. The number of ether oxygens (including phenoxy) is 3. The lowest BCUT2D eigenvalue weighted by Crippen LogP contribution is -2.20. The van der Waals surface area contributed by atoms with Crippen LogP contribution in [0.2, 0.25) is 0 Å². The average molecular weight is 447 g/mol. The van der Waals surface area contributed by atoms with Crippen LogP contribution >= 0.6 is 0 Å². The summed E-state index contributed by atoms with van der Waals surface area (Å²) in [7, 11) is 2.93. The number of hydrogen-bond donors (Lipinski definition) is 1. The van der Waals surface area contributed by atoms with Crippen LogP contribution in [0.25, 0.3) is 11.1 Å². The lowest BCUT2D eigenvalue weighted by atomic mass is 10.1. The fraction of sp³-hybridized carbons (Fsp3) is 0.227. The minimum absolute atomic E-state index is 0.0403. The van der Waals surface area contributed by atoms with Gasteiger partial charge in [-0.2, -0.15) is 18.2 Å². The van der Waals surface area contributed by atoms with Crippen molar-refractivity contribution in [2.24, 2.45) is 0 Å². The molecule has 0 aliphatic heterocycles. The van der Waals surface area contributed by atoms with Gasteiger partial charge in [0.2, 0.25) is 5.88 Å². The first kappa shape index (κ1) is 22.9. The first-order valence-electron chi connectivity index (χ1n) is 9.37. The molecule has 168 valence electrons. The number of benzene rings is 2. The topological polar surface area (TPSA) is 82.6 Å². The average Bonchev–Trinajstić information content (AvgIpc) is 2.78. The lowest BCUT2D eigenvalue weighted by molar-refractivity contribution is -0.138. The highest BCUT2D eigenvalue weighted by Crippen LogP contribution is 2.33. The van der Waals surface area contributed by atoms with E-state index in [2.05, 4.69) is 15.3 Å². The summed E-state index contributed by atoms with van der Waals surface area (Å²) in [4.78, 5) is 20.3. The van der Waals surface area contributed by atoms with E-state index in [4.69, 9.17) is 14.2 Å². The number of nitrogens with one attached hydrogen (secondary N) is 1. The molecule has 3 rings (SSSR count). The second-order valence-corrected chi connectivity index (χ2v) is 6.67. The Labute approximate surface area is 182 Å². The molecule has 2 aromatic carbocycles. The summed E-state index contributed by atoms with van der Waals surface area (Å²) in [6.07, 6.45) is -2.94. The number of nitrogens with zero attached hydrogens (tertiary/aromatic N) is 2. The minimum Gasteiger partial charge on any atom is -0.484 e. The lowest BCUT2D eigenvalue weighted by Gasteiger charge is -2.13. The van der Waals surface area contributed by atoms with Gasteiger partial charge in [0.05, 0.1) is 25.3 Å². The number of anilines is 1. The number of amides is 1. The fourth-order valence-corrected chi connectivity index (χ4v) is 2.88. The number of aryl methyl sites for hydroxylation is 1. The Hall–Kier alpha value is -3.82. The number of methoxy groups -OCH3 is 2. The molecule has 0 bridgehead atoms. The normalized spacial score (nSPS) is 11.1. The summed E-state index contributed by atoms with van der Waals surface area (Å²) >= 11 is 0. The maximum atomic E-state index is 13.0. The molecule has 0 aliphatic rings. The Kier molecular flexibility index (Phi) is 6.82. The highest BCUT2D eigenvalue weighted by Gasteiger charge is 2.32. The molecule has 0 saturated heterocycles. The van der Waals surface area contributed by atoms with E-state index < -0.39 is 17.6 Å². The molecular formula is C22H20F3N3O4. The van der Waals surface area contributed by atoms with E-state index in [9.17, 15) is 18.0 Å². The van der Waals surface area contributed by atoms with Crippen molar-refractivity contribution in [1.82, 2.24) is 9.97 Å². The van der Waals surface area contributed by atoms with Crippen LogP contribution in [0, 0.1) is 6.92 Å². The second kappa shape index (κ2) is 9.54. The van der Waals surface area contributed by atoms with E-state index in [0.717, 1.165) is 11.6 Å². The van der Waals surface area contributed by atoms with Crippen molar-refractivity contribution < 1.29 is 32.2 Å². The van der Waals surface area contributed by atoms with Crippen LogP contribution in [0.1, 0.15) is 11.1 Å². The molecule has 32 heavy (non-hydrogen) atoms. The fourth-order valence-electron chi connectivity index (χ4n) is 2.88. The molecule has 1 N–H and O–H groups in total. The maximum absolute atomic E-state index is 13.0. The number of alkyl halides is 3. The van der Waals surface area contributed by atoms with Gasteiger partial charge in [-0.25, -0.2) is 4.98 Å². The SMILES string of the molecule is COc1ncc(-c2ccc(OCC(=O)Nc3ccc(C)c(C(F)(F)F)c3)cc2)c(OC)n1. The molecule has 0 radical (unpaired) electrons. The van der Waals surface area contributed by atoms with Crippen molar-refractivity contribution >= 4 is 11.6 Å². The maximum Gasteiger partial charge on any atom is 0.416 e. The molecule has 0 saturated carbocycles. The Balaban J connectivity index is 1.63. The van der Waals surface area contributed by atoms with E-state index in [0.29, 0.717) is 17.2 Å². The number of hydrogen-bond acceptors (Lipinski definition) is 6. The van der Waals surface area contributed by atoms with Crippen molar-refractivity contribution in [3.8, 4) is 28.8 Å². The molecule has 0 spiro atoms. The second-order valence-electron chi connectivity index (χ2n) is 6.67. The Morgan fingerprint density at radius 3 is 2.41 bits per heavy atom. The first-order chi connectivity index (χ1) is 15.2. The largest absolute Gasteiger partial charge is 0.484 e. The van der Waals surface area contributed by atoms with Crippen LogP contribution in [0.3, 0.4) is 0 Å². The number of halogens is 3. The summed E-state index contributed by atoms with van der Waals surface area (Å²) < 4.78 is 54.7. The number of carbonyl (C=O) groups is 1. The molecule has 0 unspecified atom stereocenters. The van der Waals surface area contributed by atoms with Crippen molar-refractivity contribution in [3.05, 3.63) is 59.8 Å². The molecule has 7 nitrogen and oxygen atoms in total. The van der Waals surface area contributed by atoms with Crippen molar-refractivity contribution in [2.75, 3.05) is 26.1 Å². The highest BCUT2D eigenvalue weighted by atomic mass is 19.4. The van der Waals surface area contributed by atoms with Crippen LogP contribution < -0.4 is 19.5 Å². The number of rotatable bonds is 7. The monoisotopic (exact) mass is 447 g/mol. The van der Waals surface area contributed by atoms with Crippen LogP contribution in [-0.4, -0.2) is 36.7 Å². The van der Waals surface area contributed by atoms with Crippen molar-refractivity contribution in [3.63, 3.8) is 0 Å². The molecule has 0 aliphatic carbocycles. The third-order valence-electron chi connectivity index (χ3n) is 4.47. The zero-order chi connectivity index (χ0) is 23.3. The zero-order valence-corrected chi connectivity index (χ0v) is 17.5. The molecule has 1 amide bonds. The zero-order valence-electron chi connectivity index (χ0n) is 17.5. The third-order valence-corrected chi connectivity index (χ3v) is 4.47. The third kappa shape index (κ3) is 5.45. The van der Waals surface area contributed by atoms with Gasteiger partial charge in [0, 0.05) is 11.9 Å². The molecule has 10 heteroatoms. The predicted octanol–water partition coefficient (Wildman–Crippen LogP) is 4.51. The van der Waals surface area contributed by atoms with Gasteiger partial charge in [-0.1, -0.05) is 18.2 Å². The summed E-state index contributed by atoms with van der Waals surface area (Å²) in [6.45, 7) is 0.985. The van der Waals surface area contributed by atoms with Gasteiger partial charge in [0.25, 0.3) is 5.91 Å². The number of aromatic nitrogens is 2. The van der Waals surface area contributed by atoms with Crippen LogP contribution in [-0.2, 0) is 11.0 Å². The first-order valence-corrected chi connectivity index (χ1v) is 9.37. The van der Waals surface area contributed by atoms with Gasteiger partial charge < -0.3 is 19.5 Å². The summed E-state index contributed by atoms with van der Waals surface area (Å²) in [6, 6.07) is 10.5. The van der Waals surface area contributed by atoms with Gasteiger partial charge in [-0.05, 0) is 42.3 Å². The molecule has 3 aromatic rings. The molecule has 1 heterocycles. The van der Waals surface area contributed by atoms with Crippen molar-refractivity contribution in [1.29, 1.82) is 0 Å². The predicted molar refractivity (Wildman–Crippen MR) is 111 cm³/mol. The minimum atomic E-state index is -4.50. The molecule has 1 aromatic heterocycles. The standard InChI is InChI=1S/C22H20F3N3O4/c1-13-4-7-15(10-18(13)22(23,24)25)27-19(29)12-32-16-8-5-14(6-9-16)17-11-26-21(31-3)28-20(17)30-2/h4-11H,12H2,1-3H3,(H,27,29). The van der Waals surface area contributed by atoms with Gasteiger partial charge >= 0.3 is 12.2 Å². The van der Waals surface area contributed by atoms with Crippen LogP contribution in [0.15, 0.2) is 48.7 Å². The van der Waals surface area contributed by atoms with Gasteiger partial charge in [0.1, 0.15) is 5.75 Å². The molecular weight excluding hydrogens is 427 g/mol. The quantitative estimate of drug-likeness (QED) is 0.574.